The average molecular weight is 234 g/mol. The van der Waals surface area contributed by atoms with E-state index in [2.05, 4.69) is 21.9 Å². The lowest BCUT2D eigenvalue weighted by atomic mass is 10.1. The molecule has 0 bridgehead atoms. The lowest BCUT2D eigenvalue weighted by Gasteiger charge is -1.97. The van der Waals surface area contributed by atoms with E-state index in [1.165, 1.54) is 0 Å². The summed E-state index contributed by atoms with van der Waals surface area (Å²) in [5.41, 5.74) is 9.02. The first-order valence-electron chi connectivity index (χ1n) is 4.53. The smallest absolute Gasteiger partial charge is 0.152 e. The van der Waals surface area contributed by atoms with E-state index in [-0.39, 0.29) is 0 Å². The first-order chi connectivity index (χ1) is 7.79. The summed E-state index contributed by atoms with van der Waals surface area (Å²) >= 11 is 5.83. The first kappa shape index (κ1) is 12.1. The Morgan fingerprint density at radius 1 is 1.56 bits per heavy atom. The molecule has 0 radical (unpaired) electrons. The highest BCUT2D eigenvalue weighted by molar-refractivity contribution is 6.33. The van der Waals surface area contributed by atoms with Crippen molar-refractivity contribution in [3.8, 4) is 11.8 Å². The molecule has 0 aliphatic rings. The van der Waals surface area contributed by atoms with Crippen LogP contribution in [0.3, 0.4) is 0 Å². The Bertz CT molecular complexity index is 496. The van der Waals surface area contributed by atoms with E-state index in [4.69, 9.17) is 17.1 Å². The van der Waals surface area contributed by atoms with Crippen LogP contribution in [0.2, 0.25) is 5.02 Å². The summed E-state index contributed by atoms with van der Waals surface area (Å²) in [6.45, 7) is 0.320. The van der Waals surface area contributed by atoms with Crippen molar-refractivity contribution in [3.63, 3.8) is 0 Å². The Morgan fingerprint density at radius 3 is 3.06 bits per heavy atom. The number of carbonyl (C=O) groups excluding carboxylic acids is 1. The molecule has 1 aromatic carbocycles. The number of hydrogen-bond donors (Lipinski definition) is 0. The van der Waals surface area contributed by atoms with E-state index in [1.807, 2.05) is 0 Å². The zero-order valence-corrected chi connectivity index (χ0v) is 9.11. The number of nitrogens with zero attached hydrogens (tertiary/aromatic N) is 3. The largest absolute Gasteiger partial charge is 0.298 e. The molecule has 0 saturated carbocycles. The van der Waals surface area contributed by atoms with Gasteiger partial charge in [0.05, 0.1) is 5.02 Å². The van der Waals surface area contributed by atoms with Crippen molar-refractivity contribution in [2.75, 3.05) is 6.54 Å². The molecule has 0 aromatic heterocycles. The maximum atomic E-state index is 10.8. The monoisotopic (exact) mass is 233 g/mol. The third-order valence-corrected chi connectivity index (χ3v) is 2.12. The van der Waals surface area contributed by atoms with Crippen LogP contribution in [-0.4, -0.2) is 12.8 Å². The fourth-order valence-corrected chi connectivity index (χ4v) is 1.29. The summed E-state index contributed by atoms with van der Waals surface area (Å²) in [6.07, 6.45) is 1.13. The molecule has 0 fully saturated rings. The van der Waals surface area contributed by atoms with Crippen molar-refractivity contribution >= 4 is 17.9 Å². The standard InChI is InChI=1S/C11H8ClN3O/c12-11-6-3-5-9(10(11)8-16)4-1-2-7-14-15-13/h3,5-6,8H,2,7H2. The number of rotatable bonds is 3. The summed E-state index contributed by atoms with van der Waals surface area (Å²) < 4.78 is 0. The molecular weight excluding hydrogens is 226 g/mol. The van der Waals surface area contributed by atoms with Crippen LogP contribution in [0, 0.1) is 11.8 Å². The van der Waals surface area contributed by atoms with Crippen LogP contribution < -0.4 is 0 Å². The Morgan fingerprint density at radius 2 is 2.38 bits per heavy atom. The van der Waals surface area contributed by atoms with E-state index < -0.39 is 0 Å². The number of azide groups is 1. The molecule has 0 amide bonds. The topological polar surface area (TPSA) is 65.8 Å². The zero-order chi connectivity index (χ0) is 11.8. The molecule has 1 aromatic rings. The molecule has 0 aliphatic heterocycles. The van der Waals surface area contributed by atoms with Gasteiger partial charge in [-0.05, 0) is 17.7 Å². The number of aldehydes is 1. The predicted molar refractivity (Wildman–Crippen MR) is 62.3 cm³/mol. The number of halogens is 1. The second-order valence-corrected chi connectivity index (χ2v) is 3.23. The summed E-state index contributed by atoms with van der Waals surface area (Å²) in [5.74, 6) is 5.62. The number of benzene rings is 1. The SMILES string of the molecule is [N-]=[N+]=NCCC#Cc1cccc(Cl)c1C=O. The molecule has 16 heavy (non-hydrogen) atoms. The quantitative estimate of drug-likeness (QED) is 0.197. The third kappa shape index (κ3) is 3.32. The Kier molecular flexibility index (Phi) is 4.94. The van der Waals surface area contributed by atoms with Gasteiger partial charge in [-0.25, -0.2) is 0 Å². The van der Waals surface area contributed by atoms with E-state index in [1.54, 1.807) is 18.2 Å². The third-order valence-electron chi connectivity index (χ3n) is 1.79. The second kappa shape index (κ2) is 6.52. The van der Waals surface area contributed by atoms with Crippen molar-refractivity contribution in [1.82, 2.24) is 0 Å². The molecular formula is C11H8ClN3O. The summed E-state index contributed by atoms with van der Waals surface area (Å²) in [5, 5.41) is 3.73. The Hall–Kier alpha value is -1.95. The summed E-state index contributed by atoms with van der Waals surface area (Å²) in [4.78, 5) is 13.4. The van der Waals surface area contributed by atoms with Crippen molar-refractivity contribution < 1.29 is 4.79 Å². The number of hydrogen-bond acceptors (Lipinski definition) is 2. The predicted octanol–water partition coefficient (Wildman–Crippen LogP) is 3.20. The fourth-order valence-electron chi connectivity index (χ4n) is 1.07. The van der Waals surface area contributed by atoms with Gasteiger partial charge in [-0.3, -0.25) is 4.79 Å². The fraction of sp³-hybridized carbons (Fsp3) is 0.182. The van der Waals surface area contributed by atoms with Gasteiger partial charge in [-0.1, -0.05) is 34.6 Å². The highest BCUT2D eigenvalue weighted by atomic mass is 35.5. The average Bonchev–Trinajstić information content (AvgIpc) is 2.29. The van der Waals surface area contributed by atoms with Crippen molar-refractivity contribution in [2.45, 2.75) is 6.42 Å². The minimum Gasteiger partial charge on any atom is -0.298 e. The molecule has 0 unspecified atom stereocenters. The zero-order valence-electron chi connectivity index (χ0n) is 8.35. The molecule has 0 heterocycles. The molecule has 0 spiro atoms. The maximum Gasteiger partial charge on any atom is 0.152 e. The minimum absolute atomic E-state index is 0.320. The molecule has 4 nitrogen and oxygen atoms in total. The van der Waals surface area contributed by atoms with Gasteiger partial charge in [0.2, 0.25) is 0 Å². The van der Waals surface area contributed by atoms with E-state index in [0.29, 0.717) is 35.4 Å². The molecule has 0 N–H and O–H groups in total. The van der Waals surface area contributed by atoms with Gasteiger partial charge in [-0.15, -0.1) is 0 Å². The lowest BCUT2D eigenvalue weighted by molar-refractivity contribution is 0.112. The van der Waals surface area contributed by atoms with Crippen LogP contribution in [0.4, 0.5) is 0 Å². The van der Waals surface area contributed by atoms with Crippen LogP contribution in [0.5, 0.6) is 0 Å². The van der Waals surface area contributed by atoms with Crippen molar-refractivity contribution in [1.29, 1.82) is 0 Å². The van der Waals surface area contributed by atoms with Gasteiger partial charge in [0, 0.05) is 29.0 Å². The Balaban J connectivity index is 2.84. The Labute approximate surface area is 97.9 Å². The molecule has 0 saturated heterocycles. The van der Waals surface area contributed by atoms with Crippen LogP contribution in [0.15, 0.2) is 23.3 Å². The summed E-state index contributed by atoms with van der Waals surface area (Å²) in [7, 11) is 0. The highest BCUT2D eigenvalue weighted by Gasteiger charge is 2.02. The summed E-state index contributed by atoms with van der Waals surface area (Å²) in [6, 6.07) is 5.08. The normalized spacial score (nSPS) is 8.56. The van der Waals surface area contributed by atoms with Gasteiger partial charge >= 0.3 is 0 Å². The minimum atomic E-state index is 0.320. The molecule has 80 valence electrons. The first-order valence-corrected chi connectivity index (χ1v) is 4.91. The van der Waals surface area contributed by atoms with Crippen LogP contribution in [0.25, 0.3) is 10.4 Å². The molecule has 5 heteroatoms. The van der Waals surface area contributed by atoms with Gasteiger partial charge in [0.1, 0.15) is 0 Å². The van der Waals surface area contributed by atoms with Crippen molar-refractivity contribution in [3.05, 3.63) is 44.8 Å². The molecule has 0 aliphatic carbocycles. The van der Waals surface area contributed by atoms with E-state index >= 15 is 0 Å². The van der Waals surface area contributed by atoms with Crippen LogP contribution >= 0.6 is 11.6 Å². The van der Waals surface area contributed by atoms with Gasteiger partial charge < -0.3 is 0 Å². The van der Waals surface area contributed by atoms with Crippen molar-refractivity contribution in [2.24, 2.45) is 5.11 Å². The van der Waals surface area contributed by atoms with E-state index in [0.717, 1.165) is 0 Å². The number of carbonyl (C=O) groups is 1. The molecule has 0 atom stereocenters. The van der Waals surface area contributed by atoms with E-state index in [9.17, 15) is 4.79 Å². The van der Waals surface area contributed by atoms with Gasteiger partial charge in [0.15, 0.2) is 6.29 Å². The maximum absolute atomic E-state index is 10.8. The van der Waals surface area contributed by atoms with Gasteiger partial charge in [0.25, 0.3) is 0 Å². The molecule has 1 rings (SSSR count). The second-order valence-electron chi connectivity index (χ2n) is 2.83. The highest BCUT2D eigenvalue weighted by Crippen LogP contribution is 2.17. The van der Waals surface area contributed by atoms with Crippen LogP contribution in [0.1, 0.15) is 22.3 Å². The van der Waals surface area contributed by atoms with Crippen LogP contribution in [-0.2, 0) is 0 Å². The lowest BCUT2D eigenvalue weighted by Crippen LogP contribution is -1.88. The van der Waals surface area contributed by atoms with Gasteiger partial charge in [-0.2, -0.15) is 0 Å².